The van der Waals surface area contributed by atoms with E-state index in [0.29, 0.717) is 37.1 Å². The molecule has 1 aliphatic carbocycles. The average Bonchev–Trinajstić information content (AvgIpc) is 3.41. The molecule has 5 rings (SSSR count). The van der Waals surface area contributed by atoms with Crippen LogP contribution in [0.5, 0.6) is 5.75 Å². The van der Waals surface area contributed by atoms with Gasteiger partial charge in [0.05, 0.1) is 41.3 Å². The molecule has 0 spiro atoms. The summed E-state index contributed by atoms with van der Waals surface area (Å²) in [5, 5.41) is 5.81. The minimum atomic E-state index is -3.68. The molecule has 2 aliphatic rings. The van der Waals surface area contributed by atoms with E-state index in [1.165, 1.54) is 6.42 Å². The Morgan fingerprint density at radius 1 is 1.08 bits per heavy atom. The lowest BCUT2D eigenvalue weighted by atomic mass is 9.74. The number of hydrogen-bond donors (Lipinski definition) is 0. The van der Waals surface area contributed by atoms with Crippen LogP contribution in [0, 0.1) is 11.8 Å². The van der Waals surface area contributed by atoms with Gasteiger partial charge in [-0.15, -0.1) is 0 Å². The number of nitrogens with zero attached hydrogens (tertiary/aromatic N) is 3. The van der Waals surface area contributed by atoms with Crippen LogP contribution in [0.2, 0.25) is 0 Å². The third-order valence-corrected chi connectivity index (χ3v) is 9.36. The number of hydrogen-bond acceptors (Lipinski definition) is 6. The van der Waals surface area contributed by atoms with E-state index < -0.39 is 10.0 Å². The van der Waals surface area contributed by atoms with Gasteiger partial charge in [-0.1, -0.05) is 37.5 Å². The highest BCUT2D eigenvalue weighted by Gasteiger charge is 2.46. The van der Waals surface area contributed by atoms with Crippen LogP contribution in [-0.4, -0.2) is 54.3 Å². The first-order chi connectivity index (χ1) is 17.8. The number of sulfonamides is 1. The minimum Gasteiger partial charge on any atom is -0.494 e. The van der Waals surface area contributed by atoms with E-state index in [9.17, 15) is 13.2 Å². The predicted molar refractivity (Wildman–Crippen MR) is 141 cm³/mol. The quantitative estimate of drug-likeness (QED) is 0.380. The fraction of sp³-hybridized carbons (Fsp3) is 0.500. The van der Waals surface area contributed by atoms with E-state index in [1.54, 1.807) is 28.6 Å². The molecule has 1 aromatic heterocycles. The third-order valence-electron chi connectivity index (χ3n) is 7.51. The molecule has 2 aromatic carbocycles. The van der Waals surface area contributed by atoms with Crippen LogP contribution in [0.3, 0.4) is 0 Å². The summed E-state index contributed by atoms with van der Waals surface area (Å²) >= 11 is 0. The number of benzene rings is 2. The molecular formula is C28H35N3O5S. The molecular weight excluding hydrogens is 490 g/mol. The molecule has 3 aromatic rings. The van der Waals surface area contributed by atoms with Gasteiger partial charge in [-0.25, -0.2) is 8.42 Å². The van der Waals surface area contributed by atoms with Crippen molar-refractivity contribution in [1.82, 2.24) is 14.1 Å². The Kier molecular flexibility index (Phi) is 7.27. The monoisotopic (exact) mass is 525 g/mol. The number of carbonyl (C=O) groups excluding carboxylic acids is 1. The SMILES string of the molecule is CCOc1ccc(S(=O)(=O)N2CC(C3CCC3)[C@@H](n3nc(CC(=O)OC(C)C)c4ccccc43)C2)cc1. The zero-order chi connectivity index (χ0) is 26.2. The minimum absolute atomic E-state index is 0.0840. The van der Waals surface area contributed by atoms with Crippen molar-refractivity contribution in [1.29, 1.82) is 0 Å². The van der Waals surface area contributed by atoms with E-state index in [0.717, 1.165) is 23.7 Å². The van der Waals surface area contributed by atoms with Gasteiger partial charge in [0.1, 0.15) is 5.75 Å². The zero-order valence-electron chi connectivity index (χ0n) is 21.7. The molecule has 0 N–H and O–H groups in total. The molecule has 198 valence electrons. The number of fused-ring (bicyclic) bond motifs is 1. The smallest absolute Gasteiger partial charge is 0.312 e. The van der Waals surface area contributed by atoms with Gasteiger partial charge < -0.3 is 9.47 Å². The summed E-state index contributed by atoms with van der Waals surface area (Å²) in [6.45, 7) is 6.89. The van der Waals surface area contributed by atoms with Crippen molar-refractivity contribution >= 4 is 26.9 Å². The molecule has 37 heavy (non-hydrogen) atoms. The first-order valence-corrected chi connectivity index (χ1v) is 14.6. The Balaban J connectivity index is 1.47. The number of carbonyl (C=O) groups is 1. The second-order valence-corrected chi connectivity index (χ2v) is 12.2. The van der Waals surface area contributed by atoms with Gasteiger partial charge in [0.15, 0.2) is 0 Å². The molecule has 8 nitrogen and oxygen atoms in total. The summed E-state index contributed by atoms with van der Waals surface area (Å²) < 4.78 is 41.8. The maximum atomic E-state index is 13.7. The van der Waals surface area contributed by atoms with E-state index in [-0.39, 0.29) is 35.3 Å². The number of aromatic nitrogens is 2. The third kappa shape index (κ3) is 5.11. The van der Waals surface area contributed by atoms with Gasteiger partial charge in [-0.05, 0) is 62.9 Å². The molecule has 1 saturated heterocycles. The molecule has 0 amide bonds. The van der Waals surface area contributed by atoms with Crippen molar-refractivity contribution < 1.29 is 22.7 Å². The summed E-state index contributed by atoms with van der Waals surface area (Å²) in [5.41, 5.74) is 1.59. The summed E-state index contributed by atoms with van der Waals surface area (Å²) in [5.74, 6) is 0.958. The molecule has 1 saturated carbocycles. The van der Waals surface area contributed by atoms with Crippen molar-refractivity contribution in [2.75, 3.05) is 19.7 Å². The molecule has 0 radical (unpaired) electrons. The van der Waals surface area contributed by atoms with Gasteiger partial charge in [0.25, 0.3) is 0 Å². The Morgan fingerprint density at radius 2 is 1.81 bits per heavy atom. The summed E-state index contributed by atoms with van der Waals surface area (Å²) in [6.07, 6.45) is 3.27. The van der Waals surface area contributed by atoms with Gasteiger partial charge in [0, 0.05) is 18.5 Å². The maximum absolute atomic E-state index is 13.7. The van der Waals surface area contributed by atoms with Crippen LogP contribution >= 0.6 is 0 Å². The second kappa shape index (κ2) is 10.5. The molecule has 1 aliphatic heterocycles. The van der Waals surface area contributed by atoms with Gasteiger partial charge >= 0.3 is 5.97 Å². The fourth-order valence-electron chi connectivity index (χ4n) is 5.57. The topological polar surface area (TPSA) is 90.7 Å². The fourth-order valence-corrected chi connectivity index (χ4v) is 7.06. The van der Waals surface area contributed by atoms with E-state index in [4.69, 9.17) is 14.6 Å². The number of esters is 1. The summed E-state index contributed by atoms with van der Waals surface area (Å²) in [7, 11) is -3.68. The Bertz CT molecular complexity index is 1360. The largest absolute Gasteiger partial charge is 0.494 e. The van der Waals surface area contributed by atoms with Crippen molar-refractivity contribution in [3.8, 4) is 5.75 Å². The zero-order valence-corrected chi connectivity index (χ0v) is 22.5. The van der Waals surface area contributed by atoms with Crippen molar-refractivity contribution in [3.63, 3.8) is 0 Å². The highest BCUT2D eigenvalue weighted by Crippen LogP contribution is 2.45. The molecule has 2 fully saturated rings. The van der Waals surface area contributed by atoms with Gasteiger partial charge in [-0.3, -0.25) is 9.48 Å². The Labute approximate surface area is 218 Å². The summed E-state index contributed by atoms with van der Waals surface area (Å²) in [6, 6.07) is 14.4. The van der Waals surface area contributed by atoms with Crippen LogP contribution in [0.15, 0.2) is 53.4 Å². The highest BCUT2D eigenvalue weighted by atomic mass is 32.2. The van der Waals surface area contributed by atoms with Gasteiger partial charge in [0.2, 0.25) is 10.0 Å². The molecule has 2 atom stereocenters. The lowest BCUT2D eigenvalue weighted by Gasteiger charge is -2.34. The van der Waals surface area contributed by atoms with Crippen molar-refractivity contribution in [2.45, 2.75) is 63.5 Å². The first-order valence-electron chi connectivity index (χ1n) is 13.2. The Hall–Kier alpha value is -2.91. The van der Waals surface area contributed by atoms with E-state index in [2.05, 4.69) is 0 Å². The number of para-hydroxylation sites is 1. The van der Waals surface area contributed by atoms with E-state index >= 15 is 0 Å². The molecule has 0 bridgehead atoms. The highest BCUT2D eigenvalue weighted by molar-refractivity contribution is 7.89. The number of rotatable bonds is 9. The van der Waals surface area contributed by atoms with E-state index in [1.807, 2.05) is 49.7 Å². The lowest BCUT2D eigenvalue weighted by molar-refractivity contribution is -0.146. The summed E-state index contributed by atoms with van der Waals surface area (Å²) in [4.78, 5) is 12.7. The molecule has 9 heteroatoms. The predicted octanol–water partition coefficient (Wildman–Crippen LogP) is 4.59. The van der Waals surface area contributed by atoms with Crippen molar-refractivity contribution in [3.05, 3.63) is 54.2 Å². The lowest BCUT2D eigenvalue weighted by Crippen LogP contribution is -2.31. The molecule has 1 unspecified atom stereocenters. The van der Waals surface area contributed by atoms with Crippen LogP contribution < -0.4 is 4.74 Å². The van der Waals surface area contributed by atoms with Gasteiger partial charge in [-0.2, -0.15) is 9.40 Å². The van der Waals surface area contributed by atoms with Crippen LogP contribution in [0.4, 0.5) is 0 Å². The van der Waals surface area contributed by atoms with Crippen LogP contribution in [0.1, 0.15) is 51.8 Å². The normalized spacial score (nSPS) is 20.9. The molecule has 2 heterocycles. The Morgan fingerprint density at radius 3 is 2.46 bits per heavy atom. The average molecular weight is 526 g/mol. The first kappa shape index (κ1) is 25.7. The van der Waals surface area contributed by atoms with Crippen molar-refractivity contribution in [2.24, 2.45) is 11.8 Å². The standard InChI is InChI=1S/C28H35N3O5S/c1-4-35-21-12-14-22(15-13-21)37(33,34)30-17-24(20-8-7-9-20)27(18-30)31-26-11-6-5-10-23(26)25(29-31)16-28(32)36-19(2)3/h5-6,10-15,19-20,24,27H,4,7-9,16-18H2,1-3H3/t24?,27-/m0/s1. The number of ether oxygens (including phenoxy) is 2. The van der Waals surface area contributed by atoms with Crippen LogP contribution in [-0.2, 0) is 26.0 Å². The maximum Gasteiger partial charge on any atom is 0.312 e. The van der Waals surface area contributed by atoms with Crippen LogP contribution in [0.25, 0.3) is 10.9 Å². The second-order valence-electron chi connectivity index (χ2n) is 10.3.